The summed E-state index contributed by atoms with van der Waals surface area (Å²) in [6, 6.07) is 19.6. The van der Waals surface area contributed by atoms with Crippen molar-refractivity contribution < 1.29 is 27.5 Å². The monoisotopic (exact) mass is 493 g/mol. The van der Waals surface area contributed by atoms with Gasteiger partial charge in [-0.15, -0.1) is 0 Å². The minimum absolute atomic E-state index is 0.0233. The number of fused-ring (bicyclic) bond motifs is 1. The molecule has 0 unspecified atom stereocenters. The molecule has 3 aromatic rings. The molecule has 0 saturated carbocycles. The summed E-state index contributed by atoms with van der Waals surface area (Å²) in [7, 11) is -1.70. The van der Waals surface area contributed by atoms with Gasteiger partial charge in [0.25, 0.3) is 0 Å². The maximum atomic E-state index is 13.6. The highest BCUT2D eigenvalue weighted by Crippen LogP contribution is 2.24. The summed E-state index contributed by atoms with van der Waals surface area (Å²) in [5.41, 5.74) is 1.64. The SMILES string of the molecule is C=C(CN(C/C(=C\c1cccc2ccccc12)C(=O)OC)S(=O)(=O)c1ccc(C)cc1)C(=O)OC. The van der Waals surface area contributed by atoms with Crippen molar-refractivity contribution in [2.45, 2.75) is 11.8 Å². The van der Waals surface area contributed by atoms with Gasteiger partial charge in [-0.1, -0.05) is 66.7 Å². The van der Waals surface area contributed by atoms with Gasteiger partial charge in [0, 0.05) is 18.7 Å². The second kappa shape index (κ2) is 11.1. The Kier molecular flexibility index (Phi) is 8.22. The molecule has 0 aliphatic rings. The van der Waals surface area contributed by atoms with Crippen LogP contribution in [-0.2, 0) is 29.1 Å². The summed E-state index contributed by atoms with van der Waals surface area (Å²) in [6.07, 6.45) is 1.60. The summed E-state index contributed by atoms with van der Waals surface area (Å²) in [5, 5.41) is 1.86. The molecule has 0 bridgehead atoms. The maximum Gasteiger partial charge on any atom is 0.335 e. The first-order valence-corrected chi connectivity index (χ1v) is 12.2. The first-order valence-electron chi connectivity index (χ1n) is 10.8. The van der Waals surface area contributed by atoms with Crippen LogP contribution in [0.1, 0.15) is 11.1 Å². The summed E-state index contributed by atoms with van der Waals surface area (Å²) in [4.78, 5) is 24.8. The number of rotatable bonds is 9. The van der Waals surface area contributed by atoms with E-state index in [1.807, 2.05) is 49.4 Å². The molecule has 35 heavy (non-hydrogen) atoms. The minimum atomic E-state index is -4.11. The highest BCUT2D eigenvalue weighted by atomic mass is 32.2. The van der Waals surface area contributed by atoms with Gasteiger partial charge in [0.15, 0.2) is 0 Å². The summed E-state index contributed by atoms with van der Waals surface area (Å²) < 4.78 is 37.8. The van der Waals surface area contributed by atoms with Gasteiger partial charge >= 0.3 is 11.9 Å². The van der Waals surface area contributed by atoms with Gasteiger partial charge in [-0.2, -0.15) is 4.31 Å². The number of benzene rings is 3. The fourth-order valence-electron chi connectivity index (χ4n) is 3.56. The number of nitrogens with zero attached hydrogens (tertiary/aromatic N) is 1. The van der Waals surface area contributed by atoms with Crippen LogP contribution >= 0.6 is 0 Å². The van der Waals surface area contributed by atoms with E-state index in [1.165, 1.54) is 26.4 Å². The zero-order valence-corrected chi connectivity index (χ0v) is 20.7. The largest absolute Gasteiger partial charge is 0.466 e. The Morgan fingerprint density at radius 2 is 1.51 bits per heavy atom. The number of carbonyl (C=O) groups excluding carboxylic acids is 2. The zero-order chi connectivity index (χ0) is 25.6. The third-order valence-corrected chi connectivity index (χ3v) is 7.25. The predicted molar refractivity (Wildman–Crippen MR) is 135 cm³/mol. The fourth-order valence-corrected chi connectivity index (χ4v) is 4.97. The van der Waals surface area contributed by atoms with E-state index in [0.29, 0.717) is 0 Å². The van der Waals surface area contributed by atoms with Crippen molar-refractivity contribution in [1.82, 2.24) is 4.31 Å². The lowest BCUT2D eigenvalue weighted by atomic mass is 10.0. The maximum absolute atomic E-state index is 13.6. The Hall–Kier alpha value is -3.75. The van der Waals surface area contributed by atoms with Crippen LogP contribution in [0.4, 0.5) is 0 Å². The molecular weight excluding hydrogens is 466 g/mol. The number of sulfonamides is 1. The van der Waals surface area contributed by atoms with Gasteiger partial charge in [0.2, 0.25) is 10.0 Å². The Morgan fingerprint density at radius 1 is 0.886 bits per heavy atom. The van der Waals surface area contributed by atoms with E-state index in [0.717, 1.165) is 26.2 Å². The average Bonchev–Trinajstić information content (AvgIpc) is 2.87. The van der Waals surface area contributed by atoms with Crippen LogP contribution in [0.15, 0.2) is 89.4 Å². The van der Waals surface area contributed by atoms with Crippen LogP contribution in [0, 0.1) is 6.92 Å². The number of carbonyl (C=O) groups is 2. The number of esters is 2. The summed E-state index contributed by atoms with van der Waals surface area (Å²) in [6.45, 7) is 4.80. The second-order valence-electron chi connectivity index (χ2n) is 7.91. The number of hydrogen-bond acceptors (Lipinski definition) is 6. The predicted octanol–water partition coefficient (Wildman–Crippen LogP) is 4.12. The third kappa shape index (κ3) is 6.03. The van der Waals surface area contributed by atoms with Gasteiger partial charge in [0.1, 0.15) is 0 Å². The molecule has 0 aliphatic carbocycles. The molecule has 7 nitrogen and oxygen atoms in total. The highest BCUT2D eigenvalue weighted by Gasteiger charge is 2.29. The first kappa shape index (κ1) is 25.9. The topological polar surface area (TPSA) is 90.0 Å². The van der Waals surface area contributed by atoms with Crippen molar-refractivity contribution in [2.75, 3.05) is 27.3 Å². The molecule has 0 aromatic heterocycles. The highest BCUT2D eigenvalue weighted by molar-refractivity contribution is 7.89. The molecule has 0 radical (unpaired) electrons. The summed E-state index contributed by atoms with van der Waals surface area (Å²) >= 11 is 0. The van der Waals surface area contributed by atoms with E-state index in [9.17, 15) is 18.0 Å². The Labute approximate surface area is 205 Å². The van der Waals surface area contributed by atoms with Gasteiger partial charge in [0.05, 0.1) is 24.7 Å². The Morgan fingerprint density at radius 3 is 2.17 bits per heavy atom. The van der Waals surface area contributed by atoms with E-state index >= 15 is 0 Å². The normalized spacial score (nSPS) is 11.9. The number of aryl methyl sites for hydroxylation is 1. The molecule has 182 valence electrons. The number of ether oxygens (including phenoxy) is 2. The van der Waals surface area contributed by atoms with Gasteiger partial charge in [-0.3, -0.25) is 0 Å². The molecule has 8 heteroatoms. The van der Waals surface area contributed by atoms with Crippen LogP contribution in [0.25, 0.3) is 16.8 Å². The van der Waals surface area contributed by atoms with Crippen LogP contribution in [-0.4, -0.2) is 52.0 Å². The van der Waals surface area contributed by atoms with Crippen molar-refractivity contribution in [3.63, 3.8) is 0 Å². The van der Waals surface area contributed by atoms with Crippen molar-refractivity contribution in [3.8, 4) is 0 Å². The van der Waals surface area contributed by atoms with Crippen molar-refractivity contribution in [3.05, 3.63) is 95.6 Å². The number of methoxy groups -OCH3 is 2. The average molecular weight is 494 g/mol. The summed E-state index contributed by atoms with van der Waals surface area (Å²) in [5.74, 6) is -1.43. The second-order valence-corrected chi connectivity index (χ2v) is 9.85. The minimum Gasteiger partial charge on any atom is -0.466 e. The van der Waals surface area contributed by atoms with Crippen LogP contribution in [0.5, 0.6) is 0 Å². The first-order chi connectivity index (χ1) is 16.7. The van der Waals surface area contributed by atoms with Gasteiger partial charge in [-0.05, 0) is 41.5 Å². The standard InChI is InChI=1S/C27H27NO6S/c1-19-12-14-24(15-13-19)35(31,32)28(17-20(2)26(29)33-3)18-23(27(30)34-4)16-22-10-7-9-21-8-5-6-11-25(21)22/h5-16H,2,17-18H2,1,3-4H3/b23-16+. The molecule has 0 heterocycles. The van der Waals surface area contributed by atoms with Crippen molar-refractivity contribution in [1.29, 1.82) is 0 Å². The molecule has 3 rings (SSSR count). The van der Waals surface area contributed by atoms with Crippen LogP contribution < -0.4 is 0 Å². The Bertz CT molecular complexity index is 1390. The van der Waals surface area contributed by atoms with Crippen LogP contribution in [0.3, 0.4) is 0 Å². The molecule has 0 spiro atoms. The molecule has 0 aliphatic heterocycles. The number of hydrogen-bond donors (Lipinski definition) is 0. The molecule has 0 atom stereocenters. The van der Waals surface area contributed by atoms with E-state index in [-0.39, 0.29) is 29.1 Å². The van der Waals surface area contributed by atoms with Gasteiger partial charge < -0.3 is 9.47 Å². The molecule has 0 fully saturated rings. The fraction of sp³-hybridized carbons (Fsp3) is 0.185. The molecule has 3 aromatic carbocycles. The van der Waals surface area contributed by atoms with Crippen molar-refractivity contribution >= 4 is 38.8 Å². The lowest BCUT2D eigenvalue weighted by Gasteiger charge is -2.23. The zero-order valence-electron chi connectivity index (χ0n) is 19.9. The van der Waals surface area contributed by atoms with E-state index < -0.39 is 22.0 Å². The van der Waals surface area contributed by atoms with Crippen LogP contribution in [0.2, 0.25) is 0 Å². The lowest BCUT2D eigenvalue weighted by Crippen LogP contribution is -2.37. The van der Waals surface area contributed by atoms with E-state index in [2.05, 4.69) is 6.58 Å². The lowest BCUT2D eigenvalue weighted by molar-refractivity contribution is -0.136. The molecule has 0 N–H and O–H groups in total. The Balaban J connectivity index is 2.10. The van der Waals surface area contributed by atoms with E-state index in [1.54, 1.807) is 18.2 Å². The quantitative estimate of drug-likeness (QED) is 0.329. The molecule has 0 amide bonds. The molecule has 0 saturated heterocycles. The molecular formula is C27H27NO6S. The van der Waals surface area contributed by atoms with Gasteiger partial charge in [-0.25, -0.2) is 18.0 Å². The smallest absolute Gasteiger partial charge is 0.335 e. The van der Waals surface area contributed by atoms with E-state index in [4.69, 9.17) is 9.47 Å². The third-order valence-electron chi connectivity index (χ3n) is 5.45. The van der Waals surface area contributed by atoms with Crippen molar-refractivity contribution in [2.24, 2.45) is 0 Å².